The van der Waals surface area contributed by atoms with Crippen molar-refractivity contribution in [3.8, 4) is 11.5 Å². The number of carbonyl (C=O) groups is 1. The van der Waals surface area contributed by atoms with Crippen molar-refractivity contribution in [3.63, 3.8) is 0 Å². The summed E-state index contributed by atoms with van der Waals surface area (Å²) in [6.07, 6.45) is 0.250. The zero-order valence-electron chi connectivity index (χ0n) is 12.2. The molecule has 1 heterocycles. The number of hydrogen-bond acceptors (Lipinski definition) is 5. The number of aryl methyl sites for hydroxylation is 1. The highest BCUT2D eigenvalue weighted by Gasteiger charge is 2.15. The number of imidazole rings is 1. The van der Waals surface area contributed by atoms with Crippen molar-refractivity contribution < 1.29 is 19.0 Å². The molecule has 114 valence electrons. The van der Waals surface area contributed by atoms with Crippen LogP contribution in [0.15, 0.2) is 12.1 Å². The summed E-state index contributed by atoms with van der Waals surface area (Å²) in [6.45, 7) is 0.445. The third-order valence-electron chi connectivity index (χ3n) is 3.22. The molecular weight excluding hydrogens is 296 g/mol. The summed E-state index contributed by atoms with van der Waals surface area (Å²) in [5.74, 6) is 1.86. The van der Waals surface area contributed by atoms with E-state index in [0.717, 1.165) is 11.0 Å². The van der Waals surface area contributed by atoms with Crippen LogP contribution >= 0.6 is 11.6 Å². The van der Waals surface area contributed by atoms with Gasteiger partial charge >= 0.3 is 5.97 Å². The molecule has 0 saturated heterocycles. The lowest BCUT2D eigenvalue weighted by Gasteiger charge is -2.09. The Labute approximate surface area is 127 Å². The lowest BCUT2D eigenvalue weighted by molar-refractivity contribution is -0.140. The molecule has 2 aromatic rings. The van der Waals surface area contributed by atoms with E-state index in [1.807, 2.05) is 10.6 Å². The molecule has 6 nitrogen and oxygen atoms in total. The van der Waals surface area contributed by atoms with Crippen LogP contribution < -0.4 is 9.47 Å². The van der Waals surface area contributed by atoms with E-state index in [9.17, 15) is 4.79 Å². The zero-order chi connectivity index (χ0) is 15.4. The van der Waals surface area contributed by atoms with Gasteiger partial charge in [-0.25, -0.2) is 4.98 Å². The van der Waals surface area contributed by atoms with Gasteiger partial charge in [0, 0.05) is 18.7 Å². The first-order chi connectivity index (χ1) is 10.1. The SMILES string of the molecule is COC(=O)CCn1c(CCl)nc2cc(OC)c(OC)cc21. The van der Waals surface area contributed by atoms with Crippen molar-refractivity contribution in [2.24, 2.45) is 0 Å². The number of methoxy groups -OCH3 is 3. The van der Waals surface area contributed by atoms with Gasteiger partial charge in [-0.3, -0.25) is 4.79 Å². The van der Waals surface area contributed by atoms with Crippen molar-refractivity contribution in [1.29, 1.82) is 0 Å². The van der Waals surface area contributed by atoms with E-state index in [2.05, 4.69) is 9.72 Å². The maximum absolute atomic E-state index is 11.3. The normalized spacial score (nSPS) is 10.7. The van der Waals surface area contributed by atoms with Crippen LogP contribution in [-0.4, -0.2) is 36.8 Å². The van der Waals surface area contributed by atoms with Gasteiger partial charge in [0.1, 0.15) is 5.82 Å². The number of esters is 1. The third kappa shape index (κ3) is 3.05. The summed E-state index contributed by atoms with van der Waals surface area (Å²) in [4.78, 5) is 15.8. The average Bonchev–Trinajstić information content (AvgIpc) is 2.87. The highest BCUT2D eigenvalue weighted by atomic mass is 35.5. The number of rotatable bonds is 6. The first-order valence-electron chi connectivity index (χ1n) is 6.38. The van der Waals surface area contributed by atoms with Crippen LogP contribution in [0.25, 0.3) is 11.0 Å². The van der Waals surface area contributed by atoms with Gasteiger partial charge in [0.15, 0.2) is 11.5 Å². The Morgan fingerprint density at radius 1 is 1.24 bits per heavy atom. The summed E-state index contributed by atoms with van der Waals surface area (Å²) in [5.41, 5.74) is 1.58. The Bertz CT molecular complexity index is 654. The highest BCUT2D eigenvalue weighted by Crippen LogP contribution is 2.32. The van der Waals surface area contributed by atoms with Gasteiger partial charge < -0.3 is 18.8 Å². The second-order valence-electron chi connectivity index (χ2n) is 4.34. The molecule has 1 aromatic carbocycles. The topological polar surface area (TPSA) is 62.6 Å². The number of halogens is 1. The summed E-state index contributed by atoms with van der Waals surface area (Å²) in [7, 11) is 4.51. The van der Waals surface area contributed by atoms with Crippen LogP contribution in [0.1, 0.15) is 12.2 Å². The van der Waals surface area contributed by atoms with E-state index in [1.165, 1.54) is 7.11 Å². The number of nitrogens with zero attached hydrogens (tertiary/aromatic N) is 2. The highest BCUT2D eigenvalue weighted by molar-refractivity contribution is 6.16. The van der Waals surface area contributed by atoms with Crippen molar-refractivity contribution in [2.75, 3.05) is 21.3 Å². The smallest absolute Gasteiger partial charge is 0.307 e. The van der Waals surface area contributed by atoms with Crippen LogP contribution in [0, 0.1) is 0 Å². The Balaban J connectivity index is 2.48. The van der Waals surface area contributed by atoms with Gasteiger partial charge in [0.2, 0.25) is 0 Å². The molecule has 2 rings (SSSR count). The molecular formula is C14H17ClN2O4. The Morgan fingerprint density at radius 3 is 2.48 bits per heavy atom. The van der Waals surface area contributed by atoms with Crippen LogP contribution in [0.2, 0.25) is 0 Å². The lowest BCUT2D eigenvalue weighted by atomic mass is 10.2. The number of aromatic nitrogens is 2. The maximum atomic E-state index is 11.3. The minimum Gasteiger partial charge on any atom is -0.493 e. The maximum Gasteiger partial charge on any atom is 0.307 e. The third-order valence-corrected chi connectivity index (χ3v) is 3.46. The molecule has 0 fully saturated rings. The fraction of sp³-hybridized carbons (Fsp3) is 0.429. The van der Waals surface area contributed by atoms with Gasteiger partial charge in [-0.15, -0.1) is 11.6 Å². The summed E-state index contributed by atoms with van der Waals surface area (Å²) < 4.78 is 17.1. The number of carbonyl (C=O) groups excluding carboxylic acids is 1. The number of ether oxygens (including phenoxy) is 3. The van der Waals surface area contributed by atoms with Gasteiger partial charge in [-0.2, -0.15) is 0 Å². The van der Waals surface area contributed by atoms with Gasteiger partial charge in [0.25, 0.3) is 0 Å². The van der Waals surface area contributed by atoms with Crippen molar-refractivity contribution in [3.05, 3.63) is 18.0 Å². The molecule has 0 saturated carbocycles. The molecule has 0 atom stereocenters. The van der Waals surface area contributed by atoms with Crippen molar-refractivity contribution in [1.82, 2.24) is 9.55 Å². The fourth-order valence-electron chi connectivity index (χ4n) is 2.16. The van der Waals surface area contributed by atoms with E-state index >= 15 is 0 Å². The summed E-state index contributed by atoms with van der Waals surface area (Å²) in [5, 5.41) is 0. The molecule has 0 bridgehead atoms. The lowest BCUT2D eigenvalue weighted by Crippen LogP contribution is -2.09. The van der Waals surface area contributed by atoms with Crippen LogP contribution in [0.3, 0.4) is 0 Å². The fourth-order valence-corrected chi connectivity index (χ4v) is 2.36. The van der Waals surface area contributed by atoms with E-state index < -0.39 is 0 Å². The van der Waals surface area contributed by atoms with Crippen LogP contribution in [-0.2, 0) is 22.0 Å². The first kappa shape index (κ1) is 15.4. The number of fused-ring (bicyclic) bond motifs is 1. The predicted octanol–water partition coefficient (Wildman–Crippen LogP) is 2.36. The molecule has 0 radical (unpaired) electrons. The second-order valence-corrected chi connectivity index (χ2v) is 4.60. The van der Waals surface area contributed by atoms with E-state index in [4.69, 9.17) is 21.1 Å². The van der Waals surface area contributed by atoms with E-state index in [0.29, 0.717) is 23.9 Å². The van der Waals surface area contributed by atoms with Crippen LogP contribution in [0.5, 0.6) is 11.5 Å². The molecule has 7 heteroatoms. The first-order valence-corrected chi connectivity index (χ1v) is 6.92. The Morgan fingerprint density at radius 2 is 1.90 bits per heavy atom. The van der Waals surface area contributed by atoms with Crippen LogP contribution in [0.4, 0.5) is 0 Å². The number of benzene rings is 1. The predicted molar refractivity (Wildman–Crippen MR) is 79.0 cm³/mol. The molecule has 0 aliphatic carbocycles. The molecule has 0 amide bonds. The van der Waals surface area contributed by atoms with Gasteiger partial charge in [-0.1, -0.05) is 0 Å². The average molecular weight is 313 g/mol. The molecule has 0 unspecified atom stereocenters. The van der Waals surface area contributed by atoms with E-state index in [-0.39, 0.29) is 18.3 Å². The number of alkyl halides is 1. The van der Waals surface area contributed by atoms with E-state index in [1.54, 1.807) is 20.3 Å². The molecule has 0 spiro atoms. The minimum absolute atomic E-state index is 0.250. The van der Waals surface area contributed by atoms with Crippen molar-refractivity contribution >= 4 is 28.6 Å². The van der Waals surface area contributed by atoms with Crippen molar-refractivity contribution in [2.45, 2.75) is 18.8 Å². The quantitative estimate of drug-likeness (QED) is 0.605. The minimum atomic E-state index is -0.280. The molecule has 0 aliphatic rings. The molecule has 0 aliphatic heterocycles. The molecule has 21 heavy (non-hydrogen) atoms. The monoisotopic (exact) mass is 312 g/mol. The second kappa shape index (κ2) is 6.67. The molecule has 1 aromatic heterocycles. The Hall–Kier alpha value is -1.95. The summed E-state index contributed by atoms with van der Waals surface area (Å²) in [6, 6.07) is 3.62. The Kier molecular flexibility index (Phi) is 4.90. The largest absolute Gasteiger partial charge is 0.493 e. The van der Waals surface area contributed by atoms with Gasteiger partial charge in [0.05, 0.1) is 44.7 Å². The summed E-state index contributed by atoms with van der Waals surface area (Å²) >= 11 is 5.94. The van der Waals surface area contributed by atoms with Gasteiger partial charge in [-0.05, 0) is 0 Å². The zero-order valence-corrected chi connectivity index (χ0v) is 12.9. The number of hydrogen-bond donors (Lipinski definition) is 0. The molecule has 0 N–H and O–H groups in total. The standard InChI is InChI=1S/C14H17ClN2O4/c1-19-11-6-9-10(7-12(11)20-2)17(13(8-15)16-9)5-4-14(18)21-3/h6-7H,4-5,8H2,1-3H3.